The number of amidine groups is 1. The summed E-state index contributed by atoms with van der Waals surface area (Å²) in [5, 5.41) is 18.9. The van der Waals surface area contributed by atoms with Crippen molar-refractivity contribution in [2.24, 2.45) is 4.99 Å². The van der Waals surface area contributed by atoms with Crippen LogP contribution in [0.15, 0.2) is 52.4 Å². The van der Waals surface area contributed by atoms with Crippen molar-refractivity contribution in [1.82, 2.24) is 0 Å². The van der Waals surface area contributed by atoms with E-state index in [1.807, 2.05) is 38.1 Å². The van der Waals surface area contributed by atoms with E-state index in [2.05, 4.69) is 4.99 Å². The van der Waals surface area contributed by atoms with Gasteiger partial charge in [0.1, 0.15) is 5.75 Å². The van der Waals surface area contributed by atoms with Gasteiger partial charge in [-0.15, -0.1) is 0 Å². The lowest BCUT2D eigenvalue weighted by Gasteiger charge is -2.18. The minimum atomic E-state index is -1.42. The van der Waals surface area contributed by atoms with Gasteiger partial charge >= 0.3 is 0 Å². The van der Waals surface area contributed by atoms with Crippen LogP contribution in [0, 0.1) is 6.92 Å². The first-order valence-electron chi connectivity index (χ1n) is 10.0. The predicted molar refractivity (Wildman–Crippen MR) is 127 cm³/mol. The third kappa shape index (κ3) is 5.89. The third-order valence-corrected chi connectivity index (χ3v) is 5.82. The van der Waals surface area contributed by atoms with Gasteiger partial charge in [0.15, 0.2) is 11.5 Å². The Kier molecular flexibility index (Phi) is 8.15. The molecule has 0 bridgehead atoms. The van der Waals surface area contributed by atoms with Crippen LogP contribution in [0.4, 0.5) is 5.69 Å². The molecule has 31 heavy (non-hydrogen) atoms. The monoisotopic (exact) mass is 460 g/mol. The molecule has 0 aromatic heterocycles. The Labute approximate surface area is 191 Å². The van der Waals surface area contributed by atoms with Crippen LogP contribution in [0.3, 0.4) is 0 Å². The molecule has 2 N–H and O–H groups in total. The van der Waals surface area contributed by atoms with E-state index in [0.717, 1.165) is 23.2 Å². The molecule has 1 heterocycles. The molecule has 1 aliphatic heterocycles. The Balaban J connectivity index is 1.86. The molecule has 0 saturated carbocycles. The second-order valence-electron chi connectivity index (χ2n) is 7.01. The number of aliphatic hydroxyl groups is 2. The predicted octanol–water partition coefficient (Wildman–Crippen LogP) is 4.61. The smallest absolute Gasteiger partial charge is 0.271 e. The number of hydrogen-bond donors (Lipinski definition) is 2. The molecule has 1 saturated heterocycles. The normalized spacial score (nSPS) is 16.7. The number of para-hydroxylation sites is 1. The van der Waals surface area contributed by atoms with E-state index in [9.17, 15) is 4.79 Å². The fourth-order valence-electron chi connectivity index (χ4n) is 2.96. The Morgan fingerprint density at radius 3 is 2.71 bits per heavy atom. The molecule has 0 atom stereocenters. The number of anilines is 1. The van der Waals surface area contributed by atoms with Crippen molar-refractivity contribution < 1.29 is 19.7 Å². The minimum Gasteiger partial charge on any atom is -0.492 e. The van der Waals surface area contributed by atoms with Crippen LogP contribution in [0.25, 0.3) is 6.08 Å². The number of aliphatic hydroxyl groups excluding tert-OH is 1. The molecule has 164 valence electrons. The minimum absolute atomic E-state index is 0.0852. The summed E-state index contributed by atoms with van der Waals surface area (Å²) in [6.07, 6.45) is 1.35. The van der Waals surface area contributed by atoms with Crippen molar-refractivity contribution in [2.75, 3.05) is 18.1 Å². The lowest BCUT2D eigenvalue weighted by atomic mass is 10.1. The summed E-state index contributed by atoms with van der Waals surface area (Å²) in [5.74, 6) is 0.323. The molecule has 2 aromatic rings. The first kappa shape index (κ1) is 23.3. The Bertz CT molecular complexity index is 1010. The molecule has 0 unspecified atom stereocenters. The topological polar surface area (TPSA) is 82.4 Å². The number of nitrogens with zero attached hydrogens (tertiary/aromatic N) is 2. The Morgan fingerprint density at radius 1 is 1.26 bits per heavy atom. The number of thioether (sulfide) groups is 1. The summed E-state index contributed by atoms with van der Waals surface area (Å²) in [7, 11) is 0. The van der Waals surface area contributed by atoms with Gasteiger partial charge in [-0.1, -0.05) is 42.8 Å². The summed E-state index contributed by atoms with van der Waals surface area (Å²) in [5.41, 5.74) is 2.59. The average molecular weight is 461 g/mol. The average Bonchev–Trinajstić information content (AvgIpc) is 3.03. The zero-order chi connectivity index (χ0) is 22.4. The van der Waals surface area contributed by atoms with E-state index in [4.69, 9.17) is 26.6 Å². The molecular formula is C23H25ClN2O4S. The summed E-state index contributed by atoms with van der Waals surface area (Å²) in [6.45, 7) is 4.80. The highest BCUT2D eigenvalue weighted by Crippen LogP contribution is 2.38. The molecule has 1 amide bonds. The highest BCUT2D eigenvalue weighted by atomic mass is 35.5. The third-order valence-electron chi connectivity index (χ3n) is 4.52. The number of aliphatic imine (C=N–C) groups is 1. The lowest BCUT2D eigenvalue weighted by molar-refractivity contribution is -0.113. The second kappa shape index (κ2) is 10.8. The molecule has 1 fully saturated rings. The van der Waals surface area contributed by atoms with E-state index < -0.39 is 6.29 Å². The number of aryl methyl sites for hydroxylation is 1. The van der Waals surface area contributed by atoms with Gasteiger partial charge in [-0.05, 0) is 60.5 Å². The summed E-state index contributed by atoms with van der Waals surface area (Å²) in [4.78, 5) is 20.1. The highest BCUT2D eigenvalue weighted by molar-refractivity contribution is 8.19. The van der Waals surface area contributed by atoms with Crippen molar-refractivity contribution in [3.8, 4) is 5.75 Å². The summed E-state index contributed by atoms with van der Waals surface area (Å²) >= 11 is 7.65. The van der Waals surface area contributed by atoms with Gasteiger partial charge < -0.3 is 14.9 Å². The number of amides is 1. The number of benzene rings is 2. The molecule has 0 aliphatic carbocycles. The maximum Gasteiger partial charge on any atom is 0.271 e. The van der Waals surface area contributed by atoms with Gasteiger partial charge in [-0.25, -0.2) is 0 Å². The van der Waals surface area contributed by atoms with Crippen molar-refractivity contribution in [2.45, 2.75) is 33.0 Å². The number of carbonyl (C=O) groups is 1. The quantitative estimate of drug-likeness (QED) is 0.444. The number of halogens is 1. The SMILES string of the molecule is CCCN=C1S/C(=C/c2ccc(OCCC(O)O)c(Cl)c2)C(=O)N1c1ccccc1C. The van der Waals surface area contributed by atoms with Gasteiger partial charge in [0, 0.05) is 13.0 Å². The molecular weight excluding hydrogens is 436 g/mol. The summed E-state index contributed by atoms with van der Waals surface area (Å²) < 4.78 is 5.47. The molecule has 3 rings (SSSR count). The van der Waals surface area contributed by atoms with E-state index in [1.54, 1.807) is 29.2 Å². The Hall–Kier alpha value is -2.32. The number of ether oxygens (including phenoxy) is 1. The molecule has 6 nitrogen and oxygen atoms in total. The number of hydrogen-bond acceptors (Lipinski definition) is 6. The summed E-state index contributed by atoms with van der Waals surface area (Å²) in [6, 6.07) is 13.0. The van der Waals surface area contributed by atoms with Crippen LogP contribution in [0.2, 0.25) is 5.02 Å². The standard InChI is InChI=1S/C23H25ClN2O4S/c1-3-11-25-23-26(18-7-5-4-6-15(18)2)22(29)20(31-23)14-16-8-9-19(17(24)13-16)30-12-10-21(27)28/h4-9,13-14,21,27-28H,3,10-12H2,1-2H3/b20-14+,25-23?. The molecule has 0 spiro atoms. The number of carbonyl (C=O) groups excluding carboxylic acids is 1. The van der Waals surface area contributed by atoms with Crippen molar-refractivity contribution in [3.05, 3.63) is 63.5 Å². The van der Waals surface area contributed by atoms with Gasteiger partial charge in [-0.3, -0.25) is 14.7 Å². The van der Waals surface area contributed by atoms with Crippen LogP contribution in [0.1, 0.15) is 30.9 Å². The fraction of sp³-hybridized carbons (Fsp3) is 0.304. The van der Waals surface area contributed by atoms with Crippen LogP contribution in [0.5, 0.6) is 5.75 Å². The zero-order valence-electron chi connectivity index (χ0n) is 17.4. The molecule has 8 heteroatoms. The zero-order valence-corrected chi connectivity index (χ0v) is 19.0. The van der Waals surface area contributed by atoms with Crippen LogP contribution < -0.4 is 9.64 Å². The van der Waals surface area contributed by atoms with Gasteiger partial charge in [0.2, 0.25) is 0 Å². The largest absolute Gasteiger partial charge is 0.492 e. The molecule has 0 radical (unpaired) electrons. The first-order valence-corrected chi connectivity index (χ1v) is 11.2. The maximum atomic E-state index is 13.2. The van der Waals surface area contributed by atoms with Crippen molar-refractivity contribution >= 4 is 46.2 Å². The highest BCUT2D eigenvalue weighted by Gasteiger charge is 2.35. The van der Waals surface area contributed by atoms with Gasteiger partial charge in [-0.2, -0.15) is 0 Å². The van der Waals surface area contributed by atoms with E-state index in [1.165, 1.54) is 11.8 Å². The molecule has 1 aliphatic rings. The second-order valence-corrected chi connectivity index (χ2v) is 8.43. The van der Waals surface area contributed by atoms with Crippen molar-refractivity contribution in [3.63, 3.8) is 0 Å². The van der Waals surface area contributed by atoms with E-state index in [0.29, 0.717) is 27.4 Å². The fourth-order valence-corrected chi connectivity index (χ4v) is 4.20. The number of rotatable bonds is 8. The van der Waals surface area contributed by atoms with Gasteiger partial charge in [0.05, 0.1) is 22.2 Å². The van der Waals surface area contributed by atoms with E-state index >= 15 is 0 Å². The van der Waals surface area contributed by atoms with E-state index in [-0.39, 0.29) is 18.9 Å². The van der Waals surface area contributed by atoms with Crippen LogP contribution in [-0.4, -0.2) is 40.7 Å². The maximum absolute atomic E-state index is 13.2. The van der Waals surface area contributed by atoms with Crippen LogP contribution in [-0.2, 0) is 4.79 Å². The first-order chi connectivity index (χ1) is 14.9. The van der Waals surface area contributed by atoms with Gasteiger partial charge in [0.25, 0.3) is 5.91 Å². The van der Waals surface area contributed by atoms with Crippen LogP contribution >= 0.6 is 23.4 Å². The Morgan fingerprint density at radius 2 is 2.03 bits per heavy atom. The van der Waals surface area contributed by atoms with Crippen molar-refractivity contribution in [1.29, 1.82) is 0 Å². The lowest BCUT2D eigenvalue weighted by Crippen LogP contribution is -2.29. The molecule has 2 aromatic carbocycles.